The highest BCUT2D eigenvalue weighted by Gasteiger charge is 2.41. The molecule has 29 heavy (non-hydrogen) atoms. The molecule has 7 nitrogen and oxygen atoms in total. The van der Waals surface area contributed by atoms with Crippen LogP contribution in [0.1, 0.15) is 34.6 Å². The van der Waals surface area contributed by atoms with Crippen LogP contribution < -0.4 is 9.64 Å². The average Bonchev–Trinajstić information content (AvgIpc) is 2.66. The van der Waals surface area contributed by atoms with Gasteiger partial charge in [-0.25, -0.2) is 17.6 Å². The van der Waals surface area contributed by atoms with Crippen LogP contribution in [-0.2, 0) is 14.8 Å². The number of carboxylic acid groups (broad SMARTS) is 1. The van der Waals surface area contributed by atoms with Crippen LogP contribution in [0.2, 0.25) is 0 Å². The molecule has 1 aliphatic rings. The van der Waals surface area contributed by atoms with Crippen LogP contribution in [0.4, 0.5) is 14.5 Å². The molecule has 1 heterocycles. The number of benzene rings is 1. The first-order valence-corrected chi connectivity index (χ1v) is 10.5. The lowest BCUT2D eigenvalue weighted by Crippen LogP contribution is -2.50. The van der Waals surface area contributed by atoms with Gasteiger partial charge in [-0.2, -0.15) is 8.70 Å². The zero-order valence-corrected chi connectivity index (χ0v) is 18.0. The predicted octanol–water partition coefficient (Wildman–Crippen LogP) is 3.36. The Hall–Kier alpha value is -2.20. The molecule has 2 rings (SSSR count). The Bertz CT molecular complexity index is 939. The number of halogens is 2. The molecule has 1 aromatic carbocycles. The van der Waals surface area contributed by atoms with Crippen LogP contribution in [0.15, 0.2) is 29.1 Å². The lowest BCUT2D eigenvalue weighted by Gasteiger charge is -2.40. The minimum Gasteiger partial charge on any atom is -0.476 e. The predicted molar refractivity (Wildman–Crippen MR) is 105 cm³/mol. The maximum Gasteiger partial charge on any atom is 0.368 e. The largest absolute Gasteiger partial charge is 0.476 e. The van der Waals surface area contributed by atoms with Crippen molar-refractivity contribution < 1.29 is 31.8 Å². The summed E-state index contributed by atoms with van der Waals surface area (Å²) in [6.45, 7) is 9.82. The van der Waals surface area contributed by atoms with Crippen molar-refractivity contribution in [3.63, 3.8) is 0 Å². The first-order valence-electron chi connectivity index (χ1n) is 9.02. The Morgan fingerprint density at radius 3 is 2.41 bits per heavy atom. The van der Waals surface area contributed by atoms with Gasteiger partial charge in [-0.3, -0.25) is 0 Å². The average molecular weight is 432 g/mol. The molecule has 0 saturated carbocycles. The summed E-state index contributed by atoms with van der Waals surface area (Å²) in [5.41, 5.74) is -0.354. The minimum atomic E-state index is -4.02. The highest BCUT2D eigenvalue weighted by Crippen LogP contribution is 2.40. The molecule has 0 aromatic heterocycles. The molecule has 1 aliphatic heterocycles. The van der Waals surface area contributed by atoms with Crippen LogP contribution in [-0.4, -0.2) is 49.0 Å². The van der Waals surface area contributed by atoms with E-state index in [9.17, 15) is 22.0 Å². The van der Waals surface area contributed by atoms with E-state index in [1.54, 1.807) is 0 Å². The van der Waals surface area contributed by atoms with Crippen molar-refractivity contribution in [3.8, 4) is 5.75 Å². The Morgan fingerprint density at radius 2 is 1.93 bits per heavy atom. The molecule has 1 N–H and O–H groups in total. The van der Waals surface area contributed by atoms with Gasteiger partial charge in [0.1, 0.15) is 11.2 Å². The van der Waals surface area contributed by atoms with E-state index < -0.39 is 38.9 Å². The second kappa shape index (κ2) is 7.91. The fraction of sp³-hybridized carbons (Fsp3) is 0.526. The third-order valence-electron chi connectivity index (χ3n) is 4.87. The molecule has 162 valence electrons. The molecule has 1 aromatic rings. The summed E-state index contributed by atoms with van der Waals surface area (Å²) in [7, 11) is -2.56. The lowest BCUT2D eigenvalue weighted by molar-refractivity contribution is -0.134. The molecule has 0 aliphatic carbocycles. The smallest absolute Gasteiger partial charge is 0.368 e. The van der Waals surface area contributed by atoms with E-state index in [-0.39, 0.29) is 28.8 Å². The standard InChI is InChI=1S/C19H26F2N2O5S/c1-11(2)15-9-23(19(3,4)5)14-7-12(20)16(28-10-13(21)18(24)25)8-17(14)29(26,27)22(15)6/h7-8,10-11,15H,9H2,1-6H3,(H,24,25)/b13-10-/t15-/m0/s1. The van der Waals surface area contributed by atoms with Crippen LogP contribution in [0.3, 0.4) is 0 Å². The van der Waals surface area contributed by atoms with E-state index in [0.717, 1.165) is 12.1 Å². The van der Waals surface area contributed by atoms with Crippen molar-refractivity contribution >= 4 is 21.7 Å². The molecule has 1 atom stereocenters. The fourth-order valence-electron chi connectivity index (χ4n) is 3.20. The van der Waals surface area contributed by atoms with Crippen LogP contribution in [0.5, 0.6) is 5.75 Å². The topological polar surface area (TPSA) is 87.1 Å². The molecule has 0 radical (unpaired) electrons. The Kier molecular flexibility index (Phi) is 6.29. The van der Waals surface area contributed by atoms with Gasteiger partial charge in [-0.1, -0.05) is 13.8 Å². The van der Waals surface area contributed by atoms with Crippen molar-refractivity contribution in [2.45, 2.75) is 51.1 Å². The van der Waals surface area contributed by atoms with Crippen molar-refractivity contribution in [1.82, 2.24) is 4.31 Å². The molecular weight excluding hydrogens is 406 g/mol. The fourth-order valence-corrected chi connectivity index (χ4v) is 4.86. The maximum absolute atomic E-state index is 14.7. The SMILES string of the molecule is CC(C)[C@@H]1CN(C(C)(C)C)c2cc(F)c(O/C=C(\F)C(=O)O)cc2S(=O)(=O)N1C. The van der Waals surface area contributed by atoms with E-state index in [1.807, 2.05) is 39.5 Å². The number of hydrogen-bond donors (Lipinski definition) is 1. The Morgan fingerprint density at radius 1 is 1.34 bits per heavy atom. The van der Waals surface area contributed by atoms with Gasteiger partial charge in [0.05, 0.1) is 5.69 Å². The number of anilines is 1. The molecule has 0 bridgehead atoms. The monoisotopic (exact) mass is 432 g/mol. The second-order valence-electron chi connectivity index (χ2n) is 8.25. The van der Waals surface area contributed by atoms with Crippen molar-refractivity contribution in [2.75, 3.05) is 18.5 Å². The normalized spacial score (nSPS) is 20.4. The second-order valence-corrected chi connectivity index (χ2v) is 10.2. The van der Waals surface area contributed by atoms with E-state index >= 15 is 0 Å². The van der Waals surface area contributed by atoms with Crippen molar-refractivity contribution in [1.29, 1.82) is 0 Å². The number of rotatable bonds is 4. The molecular formula is C19H26F2N2O5S. The lowest BCUT2D eigenvalue weighted by atomic mass is 9.98. The Balaban J connectivity index is 2.72. The van der Waals surface area contributed by atoms with E-state index in [1.165, 1.54) is 11.4 Å². The number of carbonyl (C=O) groups is 1. The van der Waals surface area contributed by atoms with Crippen molar-refractivity contribution in [3.05, 3.63) is 30.0 Å². The van der Waals surface area contributed by atoms with Crippen LogP contribution >= 0.6 is 0 Å². The van der Waals surface area contributed by atoms with Crippen LogP contribution in [0.25, 0.3) is 0 Å². The zero-order chi connectivity index (χ0) is 22.3. The van der Waals surface area contributed by atoms with Gasteiger partial charge in [0.25, 0.3) is 0 Å². The van der Waals surface area contributed by atoms with Gasteiger partial charge in [-0.15, -0.1) is 0 Å². The van der Waals surface area contributed by atoms with Gasteiger partial charge in [0, 0.05) is 37.3 Å². The molecule has 0 fully saturated rings. The molecule has 0 spiro atoms. The number of carboxylic acids is 1. The summed E-state index contributed by atoms with van der Waals surface area (Å²) in [6.07, 6.45) is 0.221. The third kappa shape index (κ3) is 4.53. The van der Waals surface area contributed by atoms with Crippen molar-refractivity contribution in [2.24, 2.45) is 5.92 Å². The summed E-state index contributed by atoms with van der Waals surface area (Å²) in [6, 6.07) is 1.61. The van der Waals surface area contributed by atoms with E-state index in [2.05, 4.69) is 0 Å². The minimum absolute atomic E-state index is 0.0119. The molecule has 0 unspecified atom stereocenters. The number of hydrogen-bond acceptors (Lipinski definition) is 5. The molecule has 0 amide bonds. The van der Waals surface area contributed by atoms with Gasteiger partial charge in [0.2, 0.25) is 15.9 Å². The van der Waals surface area contributed by atoms with Crippen LogP contribution in [0, 0.1) is 11.7 Å². The number of fused-ring (bicyclic) bond motifs is 1. The zero-order valence-electron chi connectivity index (χ0n) is 17.2. The summed E-state index contributed by atoms with van der Waals surface area (Å²) in [5, 5.41) is 8.56. The number of sulfonamides is 1. The highest BCUT2D eigenvalue weighted by atomic mass is 32.2. The van der Waals surface area contributed by atoms with Gasteiger partial charge in [-0.05, 0) is 26.7 Å². The number of ether oxygens (including phenoxy) is 1. The van der Waals surface area contributed by atoms with Gasteiger partial charge >= 0.3 is 5.97 Å². The third-order valence-corrected chi connectivity index (χ3v) is 6.78. The van der Waals surface area contributed by atoms with E-state index in [0.29, 0.717) is 6.54 Å². The summed E-state index contributed by atoms with van der Waals surface area (Å²) in [4.78, 5) is 12.2. The Labute approximate surface area is 169 Å². The molecule has 10 heteroatoms. The summed E-state index contributed by atoms with van der Waals surface area (Å²) >= 11 is 0. The van der Waals surface area contributed by atoms with Gasteiger partial charge in [0.15, 0.2) is 11.6 Å². The highest BCUT2D eigenvalue weighted by molar-refractivity contribution is 7.89. The first-order chi connectivity index (χ1) is 13.2. The number of nitrogens with zero attached hydrogens (tertiary/aromatic N) is 2. The number of likely N-dealkylation sites (N-methyl/N-ethyl adjacent to an activating group) is 1. The quantitative estimate of drug-likeness (QED) is 0.580. The van der Waals surface area contributed by atoms with Gasteiger partial charge < -0.3 is 14.7 Å². The maximum atomic E-state index is 14.7. The summed E-state index contributed by atoms with van der Waals surface area (Å²) in [5.74, 6) is -5.06. The van der Waals surface area contributed by atoms with E-state index in [4.69, 9.17) is 9.84 Å². The molecule has 0 saturated heterocycles. The number of aliphatic carboxylic acids is 1. The summed E-state index contributed by atoms with van der Waals surface area (Å²) < 4.78 is 60.4. The first kappa shape index (κ1) is 23.1.